The van der Waals surface area contributed by atoms with Crippen LogP contribution in [0.25, 0.3) is 0 Å². The molecule has 1 aromatic rings. The molecule has 1 N–H and O–H groups in total. The van der Waals surface area contributed by atoms with Crippen LogP contribution in [0.3, 0.4) is 0 Å². The SMILES string of the molecule is CNCc1ccc(OC(C)CCOC)c([N+](=O)[O-])c1. The van der Waals surface area contributed by atoms with Crippen LogP contribution in [0.5, 0.6) is 5.75 Å². The Balaban J connectivity index is 2.84. The van der Waals surface area contributed by atoms with Crippen molar-refractivity contribution >= 4 is 5.69 Å². The Labute approximate surface area is 112 Å². The van der Waals surface area contributed by atoms with Crippen LogP contribution in [-0.4, -0.2) is 31.8 Å². The predicted octanol–water partition coefficient (Wildman–Crippen LogP) is 2.12. The van der Waals surface area contributed by atoms with Gasteiger partial charge in [-0.1, -0.05) is 6.07 Å². The molecule has 106 valence electrons. The summed E-state index contributed by atoms with van der Waals surface area (Å²) in [5.74, 6) is 0.299. The van der Waals surface area contributed by atoms with Gasteiger partial charge in [0.15, 0.2) is 5.75 Å². The lowest BCUT2D eigenvalue weighted by Crippen LogP contribution is -2.15. The monoisotopic (exact) mass is 268 g/mol. The Hall–Kier alpha value is -1.66. The second kappa shape index (κ2) is 7.70. The number of nitro benzene ring substituents is 1. The maximum Gasteiger partial charge on any atom is 0.311 e. The second-order valence-corrected chi connectivity index (χ2v) is 4.30. The van der Waals surface area contributed by atoms with Gasteiger partial charge >= 0.3 is 5.69 Å². The molecule has 1 atom stereocenters. The Morgan fingerprint density at radius 2 is 2.21 bits per heavy atom. The molecular weight excluding hydrogens is 248 g/mol. The van der Waals surface area contributed by atoms with Gasteiger partial charge in [0.25, 0.3) is 0 Å². The number of methoxy groups -OCH3 is 1. The normalized spacial score (nSPS) is 12.2. The first-order chi connectivity index (χ1) is 9.08. The van der Waals surface area contributed by atoms with Crippen LogP contribution in [0.15, 0.2) is 18.2 Å². The van der Waals surface area contributed by atoms with E-state index in [1.165, 1.54) is 6.07 Å². The minimum absolute atomic E-state index is 0.00276. The average molecular weight is 268 g/mol. The van der Waals surface area contributed by atoms with E-state index in [9.17, 15) is 10.1 Å². The van der Waals surface area contributed by atoms with Gasteiger partial charge in [0.1, 0.15) is 0 Å². The average Bonchev–Trinajstić information content (AvgIpc) is 2.38. The van der Waals surface area contributed by atoms with Gasteiger partial charge < -0.3 is 14.8 Å². The minimum atomic E-state index is -0.419. The molecule has 0 saturated carbocycles. The largest absolute Gasteiger partial charge is 0.484 e. The maximum absolute atomic E-state index is 11.1. The number of ether oxygens (including phenoxy) is 2. The highest BCUT2D eigenvalue weighted by atomic mass is 16.6. The molecule has 1 unspecified atom stereocenters. The Morgan fingerprint density at radius 1 is 1.47 bits per heavy atom. The van der Waals surface area contributed by atoms with Crippen LogP contribution in [0.2, 0.25) is 0 Å². The topological polar surface area (TPSA) is 73.6 Å². The molecule has 0 saturated heterocycles. The number of benzene rings is 1. The van der Waals surface area contributed by atoms with E-state index >= 15 is 0 Å². The Kier molecular flexibility index (Phi) is 6.24. The van der Waals surface area contributed by atoms with Crippen molar-refractivity contribution in [3.8, 4) is 5.75 Å². The summed E-state index contributed by atoms with van der Waals surface area (Å²) in [5, 5.41) is 14.0. The smallest absolute Gasteiger partial charge is 0.311 e. The van der Waals surface area contributed by atoms with E-state index in [4.69, 9.17) is 9.47 Å². The van der Waals surface area contributed by atoms with Crippen LogP contribution >= 0.6 is 0 Å². The van der Waals surface area contributed by atoms with Gasteiger partial charge in [0, 0.05) is 32.7 Å². The summed E-state index contributed by atoms with van der Waals surface area (Å²) < 4.78 is 10.6. The molecule has 19 heavy (non-hydrogen) atoms. The van der Waals surface area contributed by atoms with E-state index in [0.717, 1.165) is 5.56 Å². The third-order valence-corrected chi connectivity index (χ3v) is 2.66. The zero-order valence-electron chi connectivity index (χ0n) is 11.5. The van der Waals surface area contributed by atoms with Crippen LogP contribution in [0.1, 0.15) is 18.9 Å². The summed E-state index contributed by atoms with van der Waals surface area (Å²) in [5.41, 5.74) is 0.850. The summed E-state index contributed by atoms with van der Waals surface area (Å²) in [6, 6.07) is 5.00. The maximum atomic E-state index is 11.1. The second-order valence-electron chi connectivity index (χ2n) is 4.30. The molecule has 0 aliphatic rings. The first-order valence-corrected chi connectivity index (χ1v) is 6.16. The number of hydrogen-bond acceptors (Lipinski definition) is 5. The number of rotatable bonds is 8. The summed E-state index contributed by atoms with van der Waals surface area (Å²) in [6.45, 7) is 3.01. The van der Waals surface area contributed by atoms with Crippen LogP contribution in [-0.2, 0) is 11.3 Å². The van der Waals surface area contributed by atoms with E-state index in [1.807, 2.05) is 13.0 Å². The molecule has 0 spiro atoms. The molecule has 0 heterocycles. The third kappa shape index (κ3) is 4.84. The first kappa shape index (κ1) is 15.4. The predicted molar refractivity (Wildman–Crippen MR) is 72.4 cm³/mol. The van der Waals surface area contributed by atoms with Gasteiger partial charge in [-0.25, -0.2) is 0 Å². The van der Waals surface area contributed by atoms with Gasteiger partial charge in [-0.3, -0.25) is 10.1 Å². The number of nitrogens with zero attached hydrogens (tertiary/aromatic N) is 1. The third-order valence-electron chi connectivity index (χ3n) is 2.66. The fourth-order valence-electron chi connectivity index (χ4n) is 1.68. The lowest BCUT2D eigenvalue weighted by Gasteiger charge is -2.14. The van der Waals surface area contributed by atoms with Gasteiger partial charge in [-0.15, -0.1) is 0 Å². The highest BCUT2D eigenvalue weighted by molar-refractivity contribution is 5.48. The van der Waals surface area contributed by atoms with E-state index in [-0.39, 0.29) is 11.8 Å². The summed E-state index contributed by atoms with van der Waals surface area (Å²) >= 11 is 0. The molecule has 1 aromatic carbocycles. The molecule has 1 rings (SSSR count). The fraction of sp³-hybridized carbons (Fsp3) is 0.538. The lowest BCUT2D eigenvalue weighted by molar-refractivity contribution is -0.386. The molecule has 0 amide bonds. The highest BCUT2D eigenvalue weighted by Gasteiger charge is 2.17. The first-order valence-electron chi connectivity index (χ1n) is 6.16. The summed E-state index contributed by atoms with van der Waals surface area (Å²) in [4.78, 5) is 10.6. The van der Waals surface area contributed by atoms with Gasteiger partial charge in [-0.2, -0.15) is 0 Å². The quantitative estimate of drug-likeness (QED) is 0.577. The molecular formula is C13H20N2O4. The molecule has 0 aliphatic heterocycles. The van der Waals surface area contributed by atoms with E-state index in [1.54, 1.807) is 20.2 Å². The van der Waals surface area contributed by atoms with E-state index in [0.29, 0.717) is 25.3 Å². The zero-order valence-corrected chi connectivity index (χ0v) is 11.5. The molecule has 0 bridgehead atoms. The van der Waals surface area contributed by atoms with Crippen LogP contribution in [0.4, 0.5) is 5.69 Å². The van der Waals surface area contributed by atoms with Gasteiger partial charge in [0.2, 0.25) is 0 Å². The molecule has 0 fully saturated rings. The van der Waals surface area contributed by atoms with Crippen molar-refractivity contribution in [2.75, 3.05) is 20.8 Å². The van der Waals surface area contributed by atoms with E-state index < -0.39 is 4.92 Å². The zero-order chi connectivity index (χ0) is 14.3. The van der Waals surface area contributed by atoms with Crippen molar-refractivity contribution in [3.63, 3.8) is 0 Å². The molecule has 0 radical (unpaired) electrons. The lowest BCUT2D eigenvalue weighted by atomic mass is 10.2. The van der Waals surface area contributed by atoms with Gasteiger partial charge in [-0.05, 0) is 25.6 Å². The van der Waals surface area contributed by atoms with Crippen molar-refractivity contribution in [3.05, 3.63) is 33.9 Å². The van der Waals surface area contributed by atoms with Crippen LogP contribution < -0.4 is 10.1 Å². The Bertz CT molecular complexity index is 423. The Morgan fingerprint density at radius 3 is 2.79 bits per heavy atom. The van der Waals surface area contributed by atoms with Crippen LogP contribution in [0, 0.1) is 10.1 Å². The molecule has 0 aliphatic carbocycles. The fourth-order valence-corrected chi connectivity index (χ4v) is 1.68. The summed E-state index contributed by atoms with van der Waals surface area (Å²) in [7, 11) is 3.41. The minimum Gasteiger partial charge on any atom is -0.484 e. The van der Waals surface area contributed by atoms with E-state index in [2.05, 4.69) is 5.32 Å². The number of hydrogen-bond donors (Lipinski definition) is 1. The van der Waals surface area contributed by atoms with Gasteiger partial charge in [0.05, 0.1) is 11.0 Å². The molecule has 6 nitrogen and oxygen atoms in total. The molecule has 6 heteroatoms. The van der Waals surface area contributed by atoms with Crippen molar-refractivity contribution in [1.29, 1.82) is 0 Å². The standard InChI is InChI=1S/C13H20N2O4/c1-10(6-7-18-3)19-13-5-4-11(9-14-2)8-12(13)15(16)17/h4-5,8,10,14H,6-7,9H2,1-3H3. The number of nitrogens with one attached hydrogen (secondary N) is 1. The number of nitro groups is 1. The van der Waals surface area contributed by atoms with Crippen molar-refractivity contribution in [2.24, 2.45) is 0 Å². The highest BCUT2D eigenvalue weighted by Crippen LogP contribution is 2.29. The van der Waals surface area contributed by atoms with Crippen molar-refractivity contribution in [1.82, 2.24) is 5.32 Å². The summed E-state index contributed by atoms with van der Waals surface area (Å²) in [6.07, 6.45) is 0.556. The van der Waals surface area contributed by atoms with Crippen molar-refractivity contribution in [2.45, 2.75) is 26.0 Å². The molecule has 0 aromatic heterocycles. The van der Waals surface area contributed by atoms with Crippen molar-refractivity contribution < 1.29 is 14.4 Å².